The molecule has 3 rings (SSSR count). The van der Waals surface area contributed by atoms with Crippen LogP contribution in [0.2, 0.25) is 0 Å². The fraction of sp³-hybridized carbons (Fsp3) is 0.0455. The van der Waals surface area contributed by atoms with Crippen LogP contribution >= 0.6 is 15.9 Å². The predicted octanol–water partition coefficient (Wildman–Crippen LogP) is 5.59. The first-order chi connectivity index (χ1) is 13.4. The summed E-state index contributed by atoms with van der Waals surface area (Å²) in [5, 5.41) is 9.55. The minimum absolute atomic E-state index is 0.0690. The highest BCUT2D eigenvalue weighted by atomic mass is 79.9. The molecule has 0 aliphatic rings. The molecule has 0 aliphatic carbocycles. The van der Waals surface area contributed by atoms with E-state index < -0.39 is 10.1 Å². The fourth-order valence-electron chi connectivity index (χ4n) is 2.53. The van der Waals surface area contributed by atoms with Crippen molar-refractivity contribution in [3.05, 3.63) is 94.0 Å². The molecule has 0 amide bonds. The molecule has 0 aliphatic heterocycles. The highest BCUT2D eigenvalue weighted by Gasteiger charge is 2.18. The largest absolute Gasteiger partial charge is 0.378 e. The van der Waals surface area contributed by atoms with Crippen molar-refractivity contribution in [1.82, 2.24) is 0 Å². The molecule has 0 spiro atoms. The molecule has 0 heterocycles. The van der Waals surface area contributed by atoms with Crippen LogP contribution in [-0.4, -0.2) is 8.42 Å². The van der Waals surface area contributed by atoms with Gasteiger partial charge < -0.3 is 4.18 Å². The van der Waals surface area contributed by atoms with Crippen molar-refractivity contribution in [2.45, 2.75) is 11.8 Å². The lowest BCUT2D eigenvalue weighted by Crippen LogP contribution is -2.10. The third kappa shape index (κ3) is 4.69. The molecule has 0 fully saturated rings. The zero-order valence-corrected chi connectivity index (χ0v) is 17.4. The Morgan fingerprint density at radius 2 is 1.71 bits per heavy atom. The number of halogens is 1. The predicted molar refractivity (Wildman–Crippen MR) is 113 cm³/mol. The lowest BCUT2D eigenvalue weighted by molar-refractivity contribution is 0.485. The summed E-state index contributed by atoms with van der Waals surface area (Å²) >= 11 is 3.38. The van der Waals surface area contributed by atoms with Gasteiger partial charge in [0.1, 0.15) is 10.6 Å². The van der Waals surface area contributed by atoms with Crippen molar-refractivity contribution in [2.75, 3.05) is 0 Å². The Balaban J connectivity index is 2.03. The molecule has 0 atom stereocenters. The third-order valence-corrected chi connectivity index (χ3v) is 5.73. The van der Waals surface area contributed by atoms with Gasteiger partial charge in [-0.3, -0.25) is 0 Å². The van der Waals surface area contributed by atoms with E-state index in [1.807, 2.05) is 37.3 Å². The number of hydrogen-bond donors (Lipinski definition) is 0. The van der Waals surface area contributed by atoms with Gasteiger partial charge in [-0.1, -0.05) is 64.0 Å². The molecule has 140 valence electrons. The molecular weight excluding hydrogens is 438 g/mol. The molecular formula is C22H16BrNO3S. The zero-order valence-electron chi connectivity index (χ0n) is 15.0. The molecule has 6 heteroatoms. The van der Waals surface area contributed by atoms with Crippen LogP contribution in [0.3, 0.4) is 0 Å². The monoisotopic (exact) mass is 453 g/mol. The molecule has 3 aromatic carbocycles. The van der Waals surface area contributed by atoms with Gasteiger partial charge in [0.15, 0.2) is 0 Å². The average molecular weight is 454 g/mol. The van der Waals surface area contributed by atoms with E-state index in [0.29, 0.717) is 11.1 Å². The van der Waals surface area contributed by atoms with Crippen LogP contribution in [0.15, 0.2) is 82.2 Å². The first kappa shape index (κ1) is 19.9. The quantitative estimate of drug-likeness (QED) is 0.286. The maximum atomic E-state index is 12.7. The zero-order chi connectivity index (χ0) is 20.1. The van der Waals surface area contributed by atoms with Gasteiger partial charge in [-0.25, -0.2) is 0 Å². The van der Waals surface area contributed by atoms with Gasteiger partial charge in [-0.2, -0.15) is 13.7 Å². The number of rotatable bonds is 5. The van der Waals surface area contributed by atoms with E-state index >= 15 is 0 Å². The minimum atomic E-state index is -4.00. The summed E-state index contributed by atoms with van der Waals surface area (Å²) in [6, 6.07) is 22.7. The fourth-order valence-corrected chi connectivity index (χ4v) is 3.87. The summed E-state index contributed by atoms with van der Waals surface area (Å²) in [5.74, 6) is 0.146. The smallest absolute Gasteiger partial charge is 0.339 e. The lowest BCUT2D eigenvalue weighted by atomic mass is 10.0. The van der Waals surface area contributed by atoms with Crippen molar-refractivity contribution in [2.24, 2.45) is 0 Å². The van der Waals surface area contributed by atoms with E-state index in [1.165, 1.54) is 12.1 Å². The minimum Gasteiger partial charge on any atom is -0.378 e. The van der Waals surface area contributed by atoms with Crippen molar-refractivity contribution < 1.29 is 12.6 Å². The summed E-state index contributed by atoms with van der Waals surface area (Å²) in [6.07, 6.45) is 1.61. The first-order valence-electron chi connectivity index (χ1n) is 8.37. The number of benzene rings is 3. The van der Waals surface area contributed by atoms with E-state index in [-0.39, 0.29) is 10.6 Å². The van der Waals surface area contributed by atoms with Crippen LogP contribution < -0.4 is 4.18 Å². The van der Waals surface area contributed by atoms with Crippen LogP contribution in [0.1, 0.15) is 16.7 Å². The van der Waals surface area contributed by atoms with Crippen LogP contribution in [0, 0.1) is 18.3 Å². The summed E-state index contributed by atoms with van der Waals surface area (Å²) in [4.78, 5) is 0.0690. The van der Waals surface area contributed by atoms with Crippen LogP contribution in [0.25, 0.3) is 11.6 Å². The summed E-state index contributed by atoms with van der Waals surface area (Å²) < 4.78 is 31.4. The summed E-state index contributed by atoms with van der Waals surface area (Å²) in [5.41, 5.74) is 2.56. The Morgan fingerprint density at radius 1 is 1.04 bits per heavy atom. The Bertz CT molecular complexity index is 1160. The van der Waals surface area contributed by atoms with Crippen molar-refractivity contribution in [3.8, 4) is 11.8 Å². The van der Waals surface area contributed by atoms with E-state index in [1.54, 1.807) is 36.4 Å². The Labute approximate surface area is 173 Å². The molecule has 0 unspecified atom stereocenters. The Kier molecular flexibility index (Phi) is 5.98. The van der Waals surface area contributed by atoms with Crippen LogP contribution in [0.4, 0.5) is 0 Å². The number of hydrogen-bond acceptors (Lipinski definition) is 4. The van der Waals surface area contributed by atoms with Crippen molar-refractivity contribution in [1.29, 1.82) is 5.26 Å². The maximum absolute atomic E-state index is 12.7. The first-order valence-corrected chi connectivity index (χ1v) is 10.6. The molecule has 28 heavy (non-hydrogen) atoms. The Hall–Kier alpha value is -2.88. The molecule has 4 nitrogen and oxygen atoms in total. The standard InChI is InChI=1S/C22H16BrNO3S/c1-16-7-10-21(11-8-16)28(25,26)27-22-12-9-20(23)14-18(22)13-19(15-24)17-5-3-2-4-6-17/h2-14H,1H3/b19-13+. The van der Waals surface area contributed by atoms with Crippen LogP contribution in [-0.2, 0) is 10.1 Å². The lowest BCUT2D eigenvalue weighted by Gasteiger charge is -2.11. The van der Waals surface area contributed by atoms with Gasteiger partial charge in [-0.15, -0.1) is 0 Å². The normalized spacial score (nSPS) is 11.7. The number of nitriles is 1. The summed E-state index contributed by atoms with van der Waals surface area (Å²) in [7, 11) is -4.00. The van der Waals surface area contributed by atoms with Crippen molar-refractivity contribution in [3.63, 3.8) is 0 Å². The molecule has 3 aromatic rings. The second kappa shape index (κ2) is 8.42. The second-order valence-electron chi connectivity index (χ2n) is 6.07. The molecule has 0 saturated carbocycles. The van der Waals surface area contributed by atoms with E-state index in [9.17, 15) is 13.7 Å². The topological polar surface area (TPSA) is 67.2 Å². The van der Waals surface area contributed by atoms with Crippen molar-refractivity contribution >= 4 is 37.7 Å². The van der Waals surface area contributed by atoms with Gasteiger partial charge in [0.05, 0.1) is 11.6 Å². The molecule has 0 aromatic heterocycles. The second-order valence-corrected chi connectivity index (χ2v) is 8.53. The van der Waals surface area contributed by atoms with Gasteiger partial charge in [-0.05, 0) is 48.9 Å². The molecule has 0 saturated heterocycles. The SMILES string of the molecule is Cc1ccc(S(=O)(=O)Oc2ccc(Br)cc2/C=C(\C#N)c2ccccc2)cc1. The third-order valence-electron chi connectivity index (χ3n) is 3.99. The van der Waals surface area contributed by atoms with Gasteiger partial charge in [0.2, 0.25) is 0 Å². The van der Waals surface area contributed by atoms with Gasteiger partial charge in [0, 0.05) is 10.0 Å². The molecule has 0 N–H and O–H groups in total. The van der Waals surface area contributed by atoms with Gasteiger partial charge in [0.25, 0.3) is 0 Å². The number of aryl methyl sites for hydroxylation is 1. The van der Waals surface area contributed by atoms with E-state index in [2.05, 4.69) is 22.0 Å². The molecule has 0 radical (unpaired) electrons. The highest BCUT2D eigenvalue weighted by molar-refractivity contribution is 9.10. The molecule has 0 bridgehead atoms. The van der Waals surface area contributed by atoms with E-state index in [4.69, 9.17) is 4.18 Å². The highest BCUT2D eigenvalue weighted by Crippen LogP contribution is 2.30. The Morgan fingerprint density at radius 3 is 2.36 bits per heavy atom. The van der Waals surface area contributed by atoms with Gasteiger partial charge >= 0.3 is 10.1 Å². The number of allylic oxidation sites excluding steroid dienone is 1. The summed E-state index contributed by atoms with van der Waals surface area (Å²) in [6.45, 7) is 1.88. The van der Waals surface area contributed by atoms with E-state index in [0.717, 1.165) is 15.6 Å². The van der Waals surface area contributed by atoms with Crippen LogP contribution in [0.5, 0.6) is 5.75 Å². The average Bonchev–Trinajstić information content (AvgIpc) is 2.69. The number of nitrogens with zero attached hydrogens (tertiary/aromatic N) is 1. The maximum Gasteiger partial charge on any atom is 0.339 e.